The summed E-state index contributed by atoms with van der Waals surface area (Å²) in [6, 6.07) is 8.59. The van der Waals surface area contributed by atoms with Crippen LogP contribution in [0.25, 0.3) is 11.1 Å². The van der Waals surface area contributed by atoms with Crippen LogP contribution in [-0.4, -0.2) is 16.8 Å². The van der Waals surface area contributed by atoms with Crippen LogP contribution in [0, 0.1) is 0 Å². The Morgan fingerprint density at radius 3 is 2.74 bits per heavy atom. The van der Waals surface area contributed by atoms with Crippen LogP contribution in [-0.2, 0) is 6.42 Å². The zero-order valence-electron chi connectivity index (χ0n) is 11.7. The number of hydrogen-bond acceptors (Lipinski definition) is 4. The van der Waals surface area contributed by atoms with E-state index < -0.39 is 6.61 Å². The number of rotatable bonds is 5. The summed E-state index contributed by atoms with van der Waals surface area (Å²) in [5.41, 5.74) is 2.76. The molecule has 0 bridgehead atoms. The molecule has 1 aromatic carbocycles. The molecule has 0 aliphatic carbocycles. The van der Waals surface area contributed by atoms with Crippen molar-refractivity contribution >= 4 is 11.6 Å². The number of halogens is 3. The maximum Gasteiger partial charge on any atom is 0.388 e. The van der Waals surface area contributed by atoms with Gasteiger partial charge in [0.25, 0.3) is 0 Å². The van der Waals surface area contributed by atoms with E-state index >= 15 is 0 Å². The molecule has 0 aliphatic heterocycles. The Hall–Kier alpha value is -2.47. The van der Waals surface area contributed by atoms with E-state index in [0.29, 0.717) is 22.6 Å². The molecule has 2 heterocycles. The molecule has 0 unspecified atom stereocenters. The lowest BCUT2D eigenvalue weighted by atomic mass is 10.0. The van der Waals surface area contributed by atoms with E-state index in [9.17, 15) is 8.78 Å². The Morgan fingerprint density at radius 1 is 1.17 bits per heavy atom. The topological polar surface area (TPSA) is 48.2 Å². The van der Waals surface area contributed by atoms with Crippen molar-refractivity contribution in [1.29, 1.82) is 0 Å². The van der Waals surface area contributed by atoms with Gasteiger partial charge in [0.05, 0.1) is 6.20 Å². The molecule has 23 heavy (non-hydrogen) atoms. The molecule has 2 aromatic heterocycles. The van der Waals surface area contributed by atoms with E-state index in [0.717, 1.165) is 11.1 Å². The van der Waals surface area contributed by atoms with Crippen molar-refractivity contribution in [2.75, 3.05) is 0 Å². The third-order valence-electron chi connectivity index (χ3n) is 3.14. The first kappa shape index (κ1) is 15.4. The predicted octanol–water partition coefficient (Wildman–Crippen LogP) is 4.58. The molecule has 118 valence electrons. The van der Waals surface area contributed by atoms with Gasteiger partial charge in [0, 0.05) is 28.8 Å². The van der Waals surface area contributed by atoms with Gasteiger partial charge in [-0.3, -0.25) is 0 Å². The van der Waals surface area contributed by atoms with Crippen LogP contribution in [0.1, 0.15) is 11.1 Å². The molecule has 0 aliphatic rings. The minimum Gasteiger partial charge on any atom is -0.416 e. The molecule has 0 fully saturated rings. The van der Waals surface area contributed by atoms with Crippen molar-refractivity contribution < 1.29 is 18.0 Å². The van der Waals surface area contributed by atoms with Crippen molar-refractivity contribution in [1.82, 2.24) is 10.1 Å². The maximum atomic E-state index is 12.6. The van der Waals surface area contributed by atoms with Crippen molar-refractivity contribution in [3.63, 3.8) is 0 Å². The second-order valence-electron chi connectivity index (χ2n) is 4.79. The number of alkyl halides is 2. The first-order chi connectivity index (χ1) is 11.1. The van der Waals surface area contributed by atoms with Gasteiger partial charge in [-0.25, -0.2) is 4.98 Å². The third kappa shape index (κ3) is 3.84. The predicted molar refractivity (Wildman–Crippen MR) is 80.6 cm³/mol. The Morgan fingerprint density at radius 2 is 2.04 bits per heavy atom. The molecule has 0 amide bonds. The number of ether oxygens (including phenoxy) is 1. The smallest absolute Gasteiger partial charge is 0.388 e. The molecule has 0 atom stereocenters. The Bertz CT molecular complexity index is 795. The van der Waals surface area contributed by atoms with Gasteiger partial charge in [-0.05, 0) is 29.3 Å². The highest BCUT2D eigenvalue weighted by Crippen LogP contribution is 2.32. The monoisotopic (exact) mass is 336 g/mol. The molecule has 0 saturated carbocycles. The lowest BCUT2D eigenvalue weighted by molar-refractivity contribution is -0.0524. The molecule has 0 N–H and O–H groups in total. The number of aromatic nitrogens is 2. The Labute approximate surface area is 135 Å². The van der Waals surface area contributed by atoms with E-state index in [-0.39, 0.29) is 5.88 Å². The summed E-state index contributed by atoms with van der Waals surface area (Å²) < 4.78 is 34.5. The number of hydrogen-bond donors (Lipinski definition) is 0. The summed E-state index contributed by atoms with van der Waals surface area (Å²) in [5.74, 6) is -0.142. The second kappa shape index (κ2) is 6.75. The van der Waals surface area contributed by atoms with Gasteiger partial charge in [0.15, 0.2) is 0 Å². The minimum atomic E-state index is -2.95. The van der Waals surface area contributed by atoms with Crippen LogP contribution in [0.2, 0.25) is 5.02 Å². The zero-order valence-corrected chi connectivity index (χ0v) is 12.5. The van der Waals surface area contributed by atoms with E-state index in [2.05, 4.69) is 14.9 Å². The number of nitrogens with zero attached hydrogens (tertiary/aromatic N) is 2. The summed E-state index contributed by atoms with van der Waals surface area (Å²) in [5, 5.41) is 4.13. The van der Waals surface area contributed by atoms with Crippen molar-refractivity contribution in [3.05, 3.63) is 65.1 Å². The van der Waals surface area contributed by atoms with Crippen LogP contribution in [0.4, 0.5) is 8.78 Å². The highest BCUT2D eigenvalue weighted by Gasteiger charge is 2.14. The Kier molecular flexibility index (Phi) is 4.52. The summed E-state index contributed by atoms with van der Waals surface area (Å²) in [4.78, 5) is 4.01. The first-order valence-corrected chi connectivity index (χ1v) is 7.07. The van der Waals surface area contributed by atoms with Crippen molar-refractivity contribution in [3.8, 4) is 17.0 Å². The minimum absolute atomic E-state index is 0.142. The van der Waals surface area contributed by atoms with Crippen LogP contribution in [0.5, 0.6) is 5.88 Å². The normalized spacial score (nSPS) is 11.0. The van der Waals surface area contributed by atoms with Crippen LogP contribution in [0.15, 0.2) is 53.5 Å². The van der Waals surface area contributed by atoms with Crippen LogP contribution < -0.4 is 4.74 Å². The average Bonchev–Trinajstić information content (AvgIpc) is 3.01. The molecule has 0 saturated heterocycles. The fraction of sp³-hybridized carbons (Fsp3) is 0.125. The van der Waals surface area contributed by atoms with Gasteiger partial charge in [0.2, 0.25) is 5.88 Å². The second-order valence-corrected chi connectivity index (χ2v) is 5.23. The molecule has 7 heteroatoms. The average molecular weight is 337 g/mol. The van der Waals surface area contributed by atoms with Crippen molar-refractivity contribution in [2.45, 2.75) is 13.0 Å². The Balaban J connectivity index is 2.01. The standard InChI is InChI=1S/C16H11ClF2N2O2/c17-13-3-1-2-12(6-13)14-5-10(4-11-8-21-22-9-11)7-20-15(14)23-16(18)19/h1-3,5-9,16H,4H2. The van der Waals surface area contributed by atoms with E-state index in [1.807, 2.05) is 0 Å². The highest BCUT2D eigenvalue weighted by molar-refractivity contribution is 6.30. The molecule has 3 aromatic rings. The SMILES string of the molecule is FC(F)Oc1ncc(Cc2cnoc2)cc1-c1cccc(Cl)c1. The van der Waals surface area contributed by atoms with Crippen molar-refractivity contribution in [2.24, 2.45) is 0 Å². The molecular formula is C16H11ClF2N2O2. The van der Waals surface area contributed by atoms with Gasteiger partial charge in [-0.15, -0.1) is 0 Å². The summed E-state index contributed by atoms with van der Waals surface area (Å²) in [6.07, 6.45) is 5.10. The summed E-state index contributed by atoms with van der Waals surface area (Å²) in [6.45, 7) is -2.95. The molecule has 3 rings (SSSR count). The molecule has 4 nitrogen and oxygen atoms in total. The molecular weight excluding hydrogens is 326 g/mol. The van der Waals surface area contributed by atoms with Gasteiger partial charge >= 0.3 is 6.61 Å². The van der Waals surface area contributed by atoms with E-state index in [1.165, 1.54) is 12.5 Å². The maximum absolute atomic E-state index is 12.6. The lowest BCUT2D eigenvalue weighted by Gasteiger charge is -2.11. The molecule has 0 spiro atoms. The summed E-state index contributed by atoms with van der Waals surface area (Å²) in [7, 11) is 0. The van der Waals surface area contributed by atoms with Crippen LogP contribution >= 0.6 is 11.6 Å². The molecule has 0 radical (unpaired) electrons. The zero-order chi connectivity index (χ0) is 16.2. The highest BCUT2D eigenvalue weighted by atomic mass is 35.5. The number of benzene rings is 1. The number of pyridine rings is 1. The quantitative estimate of drug-likeness (QED) is 0.684. The van der Waals surface area contributed by atoms with Gasteiger partial charge in [-0.1, -0.05) is 28.9 Å². The summed E-state index contributed by atoms with van der Waals surface area (Å²) >= 11 is 5.98. The van der Waals surface area contributed by atoms with Gasteiger partial charge in [0.1, 0.15) is 6.26 Å². The first-order valence-electron chi connectivity index (χ1n) is 6.70. The van der Waals surface area contributed by atoms with E-state index in [4.69, 9.17) is 16.1 Å². The third-order valence-corrected chi connectivity index (χ3v) is 3.37. The van der Waals surface area contributed by atoms with Crippen LogP contribution in [0.3, 0.4) is 0 Å². The fourth-order valence-corrected chi connectivity index (χ4v) is 2.37. The van der Waals surface area contributed by atoms with Gasteiger partial charge in [-0.2, -0.15) is 8.78 Å². The fourth-order valence-electron chi connectivity index (χ4n) is 2.18. The lowest BCUT2D eigenvalue weighted by Crippen LogP contribution is -2.05. The largest absolute Gasteiger partial charge is 0.416 e. The van der Waals surface area contributed by atoms with E-state index in [1.54, 1.807) is 36.5 Å². The van der Waals surface area contributed by atoms with Gasteiger partial charge < -0.3 is 9.26 Å².